The lowest BCUT2D eigenvalue weighted by Crippen LogP contribution is -2.27. The van der Waals surface area contributed by atoms with Crippen LogP contribution in [0.1, 0.15) is 43.6 Å². The van der Waals surface area contributed by atoms with E-state index in [4.69, 9.17) is 0 Å². The summed E-state index contributed by atoms with van der Waals surface area (Å²) in [5, 5.41) is 0. The molecule has 0 N–H and O–H groups in total. The molecule has 0 nitrogen and oxygen atoms in total. The van der Waals surface area contributed by atoms with Gasteiger partial charge in [-0.15, -0.1) is 0 Å². The first kappa shape index (κ1) is 9.51. The Balaban J connectivity index is 1.81. The van der Waals surface area contributed by atoms with Crippen LogP contribution >= 0.6 is 0 Å². The van der Waals surface area contributed by atoms with Crippen molar-refractivity contribution >= 4 is 7.28 Å². The maximum atomic E-state index is 2.33. The summed E-state index contributed by atoms with van der Waals surface area (Å²) in [6.45, 7) is 0. The molecule has 0 aliphatic carbocycles. The minimum Gasteiger partial charge on any atom is -0.0654 e. The molecule has 0 spiro atoms. The molecular formula is C14H19B. The van der Waals surface area contributed by atoms with Gasteiger partial charge in [0.15, 0.2) is 0 Å². The number of hydrogen-bond acceptors (Lipinski definition) is 0. The molecule has 3 unspecified atom stereocenters. The fourth-order valence-electron chi connectivity index (χ4n) is 3.75. The van der Waals surface area contributed by atoms with Crippen molar-refractivity contribution in [3.8, 4) is 0 Å². The number of fused-ring (bicyclic) bond motifs is 2. The Morgan fingerprint density at radius 2 is 1.80 bits per heavy atom. The second-order valence-electron chi connectivity index (χ2n) is 5.39. The predicted molar refractivity (Wildman–Crippen MR) is 66.9 cm³/mol. The van der Waals surface area contributed by atoms with Crippen molar-refractivity contribution < 1.29 is 0 Å². The number of rotatable bonds is 1. The third kappa shape index (κ3) is 1.84. The van der Waals surface area contributed by atoms with Crippen molar-refractivity contribution in [3.05, 3.63) is 35.9 Å². The van der Waals surface area contributed by atoms with Gasteiger partial charge in [-0.05, 0) is 17.9 Å². The van der Waals surface area contributed by atoms with Crippen molar-refractivity contribution in [1.82, 2.24) is 0 Å². The van der Waals surface area contributed by atoms with Crippen LogP contribution in [-0.2, 0) is 0 Å². The van der Waals surface area contributed by atoms with Crippen LogP contribution in [0.15, 0.2) is 30.3 Å². The topological polar surface area (TPSA) is 0 Å². The molecule has 78 valence electrons. The van der Waals surface area contributed by atoms with Gasteiger partial charge in [0.2, 0.25) is 0 Å². The molecule has 1 heteroatoms. The smallest absolute Gasteiger partial charge is 0.0654 e. The molecule has 2 aliphatic rings. The highest BCUT2D eigenvalue weighted by Gasteiger charge is 2.34. The molecule has 2 heterocycles. The van der Waals surface area contributed by atoms with E-state index in [9.17, 15) is 0 Å². The zero-order chi connectivity index (χ0) is 10.1. The van der Waals surface area contributed by atoms with Gasteiger partial charge in [-0.25, -0.2) is 0 Å². The van der Waals surface area contributed by atoms with E-state index in [1.165, 1.54) is 39.4 Å². The van der Waals surface area contributed by atoms with E-state index < -0.39 is 0 Å². The third-order valence-corrected chi connectivity index (χ3v) is 4.51. The van der Waals surface area contributed by atoms with Gasteiger partial charge in [0.1, 0.15) is 7.28 Å². The molecule has 2 bridgehead atoms. The van der Waals surface area contributed by atoms with Gasteiger partial charge in [0.25, 0.3) is 0 Å². The Kier molecular flexibility index (Phi) is 2.56. The van der Waals surface area contributed by atoms with E-state index >= 15 is 0 Å². The molecule has 2 saturated heterocycles. The maximum Gasteiger partial charge on any atom is 0.128 e. The molecule has 2 fully saturated rings. The highest BCUT2D eigenvalue weighted by atomic mass is 14.3. The first-order valence-electron chi connectivity index (χ1n) is 6.48. The minimum absolute atomic E-state index is 0.878. The molecule has 1 aromatic carbocycles. The molecule has 0 aromatic heterocycles. The van der Waals surface area contributed by atoms with Crippen LogP contribution < -0.4 is 0 Å². The van der Waals surface area contributed by atoms with Gasteiger partial charge < -0.3 is 0 Å². The zero-order valence-corrected chi connectivity index (χ0v) is 9.36. The minimum atomic E-state index is 0.878. The second kappa shape index (κ2) is 4.04. The molecule has 0 amide bonds. The van der Waals surface area contributed by atoms with Crippen LogP contribution in [0.2, 0.25) is 11.6 Å². The number of hydrogen-bond donors (Lipinski definition) is 0. The summed E-state index contributed by atoms with van der Waals surface area (Å²) < 4.78 is 0. The SMILES string of the molecule is B1C2CCCC1C(c1ccccc1)CC2. The molecule has 0 radical (unpaired) electrons. The summed E-state index contributed by atoms with van der Waals surface area (Å²) in [5.74, 6) is 2.95. The lowest BCUT2D eigenvalue weighted by molar-refractivity contribution is 0.410. The predicted octanol–water partition coefficient (Wildman–Crippen LogP) is 3.76. The van der Waals surface area contributed by atoms with Crippen LogP contribution in [0.3, 0.4) is 0 Å². The highest BCUT2D eigenvalue weighted by molar-refractivity contribution is 6.40. The quantitative estimate of drug-likeness (QED) is 0.602. The lowest BCUT2D eigenvalue weighted by Gasteiger charge is -2.39. The Morgan fingerprint density at radius 3 is 2.67 bits per heavy atom. The summed E-state index contributed by atoms with van der Waals surface area (Å²) in [6.07, 6.45) is 7.40. The Labute approximate surface area is 93.3 Å². The van der Waals surface area contributed by atoms with Crippen LogP contribution in [0.25, 0.3) is 0 Å². The summed E-state index contributed by atoms with van der Waals surface area (Å²) >= 11 is 0. The van der Waals surface area contributed by atoms with Crippen molar-refractivity contribution in [2.75, 3.05) is 0 Å². The van der Waals surface area contributed by atoms with E-state index in [2.05, 4.69) is 30.3 Å². The summed E-state index contributed by atoms with van der Waals surface area (Å²) in [5.41, 5.74) is 1.60. The van der Waals surface area contributed by atoms with Gasteiger partial charge >= 0.3 is 0 Å². The summed E-state index contributed by atoms with van der Waals surface area (Å²) in [4.78, 5) is 0. The van der Waals surface area contributed by atoms with E-state index in [1.807, 2.05) is 0 Å². The van der Waals surface area contributed by atoms with Gasteiger partial charge in [0.05, 0.1) is 0 Å². The average molecular weight is 198 g/mol. The van der Waals surface area contributed by atoms with Crippen LogP contribution in [0.4, 0.5) is 0 Å². The fraction of sp³-hybridized carbons (Fsp3) is 0.571. The van der Waals surface area contributed by atoms with Gasteiger partial charge in [-0.3, -0.25) is 0 Å². The second-order valence-corrected chi connectivity index (χ2v) is 5.39. The van der Waals surface area contributed by atoms with Crippen LogP contribution in [0, 0.1) is 0 Å². The standard InChI is InChI=1S/C14H19B/c1-2-5-11(6-3-1)13-10-9-12-7-4-8-14(13)15-12/h1-3,5-6,12-15H,4,7-10H2. The molecule has 1 aromatic rings. The van der Waals surface area contributed by atoms with E-state index in [-0.39, 0.29) is 0 Å². The highest BCUT2D eigenvalue weighted by Crippen LogP contribution is 2.49. The van der Waals surface area contributed by atoms with E-state index in [0.717, 1.165) is 17.6 Å². The zero-order valence-electron chi connectivity index (χ0n) is 9.36. The lowest BCUT2D eigenvalue weighted by atomic mass is 9.41. The fourth-order valence-corrected chi connectivity index (χ4v) is 3.75. The third-order valence-electron chi connectivity index (χ3n) is 4.51. The summed E-state index contributed by atoms with van der Waals surface area (Å²) in [6, 6.07) is 11.2. The molecule has 0 saturated carbocycles. The van der Waals surface area contributed by atoms with Crippen molar-refractivity contribution in [2.45, 2.75) is 49.7 Å². The molecule has 3 atom stereocenters. The van der Waals surface area contributed by atoms with Crippen molar-refractivity contribution in [2.24, 2.45) is 0 Å². The normalized spacial score (nSPS) is 34.5. The molecule has 15 heavy (non-hydrogen) atoms. The van der Waals surface area contributed by atoms with E-state index in [1.54, 1.807) is 5.56 Å². The first-order chi connectivity index (χ1) is 7.43. The van der Waals surface area contributed by atoms with Gasteiger partial charge in [-0.1, -0.05) is 67.6 Å². The Bertz CT molecular complexity index is 319. The van der Waals surface area contributed by atoms with Crippen LogP contribution in [0.5, 0.6) is 0 Å². The van der Waals surface area contributed by atoms with Gasteiger partial charge in [0, 0.05) is 0 Å². The van der Waals surface area contributed by atoms with Gasteiger partial charge in [-0.2, -0.15) is 0 Å². The largest absolute Gasteiger partial charge is 0.128 e. The monoisotopic (exact) mass is 198 g/mol. The Hall–Kier alpha value is -0.715. The maximum absolute atomic E-state index is 2.33. The number of benzene rings is 1. The first-order valence-corrected chi connectivity index (χ1v) is 6.48. The summed E-state index contributed by atoms with van der Waals surface area (Å²) in [7, 11) is 1.51. The average Bonchev–Trinajstić information content (AvgIpc) is 2.31. The van der Waals surface area contributed by atoms with Crippen LogP contribution in [-0.4, -0.2) is 7.28 Å². The molecule has 3 rings (SSSR count). The van der Waals surface area contributed by atoms with Crippen molar-refractivity contribution in [3.63, 3.8) is 0 Å². The van der Waals surface area contributed by atoms with Crippen molar-refractivity contribution in [1.29, 1.82) is 0 Å². The van der Waals surface area contributed by atoms with E-state index in [0.29, 0.717) is 0 Å². The molecular weight excluding hydrogens is 179 g/mol. The Morgan fingerprint density at radius 1 is 0.933 bits per heavy atom. The molecule has 2 aliphatic heterocycles.